The maximum Gasteiger partial charge on any atom is 0.573 e. The van der Waals surface area contributed by atoms with E-state index in [1.54, 1.807) is 0 Å². The quantitative estimate of drug-likeness (QED) is 0.805. The number of rotatable bonds is 4. The minimum absolute atomic E-state index is 0.107. The Balaban J connectivity index is 1.62. The first kappa shape index (κ1) is 18.2. The third kappa shape index (κ3) is 4.75. The van der Waals surface area contributed by atoms with Crippen LogP contribution in [0.4, 0.5) is 13.2 Å². The first-order valence-electron chi connectivity index (χ1n) is 7.59. The number of nitrogens with zero attached hydrogens (tertiary/aromatic N) is 3. The minimum atomic E-state index is -4.81. The summed E-state index contributed by atoms with van der Waals surface area (Å²) < 4.78 is 46.3. The average molecular weight is 388 g/mol. The molecular formula is C16H13ClF3N3O3. The van der Waals surface area contributed by atoms with Crippen molar-refractivity contribution < 1.29 is 27.4 Å². The van der Waals surface area contributed by atoms with Crippen molar-refractivity contribution in [1.82, 2.24) is 14.9 Å². The van der Waals surface area contributed by atoms with Gasteiger partial charge in [-0.15, -0.1) is 13.2 Å². The number of benzene rings is 1. The van der Waals surface area contributed by atoms with Crippen LogP contribution in [-0.4, -0.2) is 46.3 Å². The molecule has 26 heavy (non-hydrogen) atoms. The van der Waals surface area contributed by atoms with Gasteiger partial charge in [0, 0.05) is 18.5 Å². The molecule has 0 aliphatic carbocycles. The smallest absolute Gasteiger partial charge is 0.458 e. The molecule has 10 heteroatoms. The van der Waals surface area contributed by atoms with Crippen LogP contribution < -0.4 is 9.47 Å². The summed E-state index contributed by atoms with van der Waals surface area (Å²) in [7, 11) is 0. The van der Waals surface area contributed by atoms with Gasteiger partial charge < -0.3 is 14.4 Å². The molecule has 6 nitrogen and oxygen atoms in total. The van der Waals surface area contributed by atoms with Gasteiger partial charge >= 0.3 is 12.4 Å². The van der Waals surface area contributed by atoms with Gasteiger partial charge in [-0.25, -0.2) is 9.97 Å². The Bertz CT molecular complexity index is 786. The number of amides is 1. The Kier molecular flexibility index (Phi) is 5.17. The van der Waals surface area contributed by atoms with Crippen LogP contribution in [0.15, 0.2) is 36.7 Å². The zero-order valence-corrected chi connectivity index (χ0v) is 14.0. The second-order valence-corrected chi connectivity index (χ2v) is 5.98. The van der Waals surface area contributed by atoms with Crippen LogP contribution in [0.25, 0.3) is 0 Å². The van der Waals surface area contributed by atoms with Crippen LogP contribution in [0.3, 0.4) is 0 Å². The van der Waals surface area contributed by atoms with Crippen LogP contribution in [0, 0.1) is 0 Å². The second kappa shape index (κ2) is 7.36. The Hall–Kier alpha value is -2.55. The molecule has 2 heterocycles. The summed E-state index contributed by atoms with van der Waals surface area (Å²) in [5, 5.41) is 0.376. The van der Waals surface area contributed by atoms with Crippen molar-refractivity contribution in [3.8, 4) is 11.8 Å². The van der Waals surface area contributed by atoms with Crippen molar-refractivity contribution in [1.29, 1.82) is 0 Å². The van der Waals surface area contributed by atoms with Gasteiger partial charge in [0.2, 0.25) is 0 Å². The van der Waals surface area contributed by atoms with Gasteiger partial charge in [-0.1, -0.05) is 17.7 Å². The van der Waals surface area contributed by atoms with E-state index in [9.17, 15) is 18.0 Å². The fourth-order valence-electron chi connectivity index (χ4n) is 2.53. The molecule has 3 rings (SSSR count). The fourth-order valence-corrected chi connectivity index (χ4v) is 2.63. The maximum atomic E-state index is 12.5. The first-order valence-corrected chi connectivity index (χ1v) is 7.97. The van der Waals surface area contributed by atoms with Gasteiger partial charge in [0.05, 0.1) is 24.0 Å². The number of halogens is 4. The Labute approximate surface area is 151 Å². The largest absolute Gasteiger partial charge is 0.573 e. The van der Waals surface area contributed by atoms with E-state index in [2.05, 4.69) is 14.7 Å². The number of carbonyl (C=O) groups is 1. The van der Waals surface area contributed by atoms with E-state index in [0.717, 1.165) is 12.1 Å². The Morgan fingerprint density at radius 3 is 2.69 bits per heavy atom. The highest BCUT2D eigenvalue weighted by atomic mass is 35.5. The SMILES string of the molecule is O=C(c1cccc(OC(F)(F)F)c1)N1CCC(Oc2ncc(Cl)cn2)C1. The highest BCUT2D eigenvalue weighted by Crippen LogP contribution is 2.25. The monoisotopic (exact) mass is 387 g/mol. The molecule has 0 radical (unpaired) electrons. The fraction of sp³-hybridized carbons (Fsp3) is 0.312. The first-order chi connectivity index (χ1) is 12.3. The molecule has 138 valence electrons. The summed E-state index contributed by atoms with van der Waals surface area (Å²) in [4.78, 5) is 21.8. The van der Waals surface area contributed by atoms with Crippen molar-refractivity contribution in [2.75, 3.05) is 13.1 Å². The van der Waals surface area contributed by atoms with Gasteiger partial charge in [-0.2, -0.15) is 0 Å². The van der Waals surface area contributed by atoms with Gasteiger partial charge in [0.15, 0.2) is 0 Å². The third-order valence-electron chi connectivity index (χ3n) is 3.62. The van der Waals surface area contributed by atoms with E-state index >= 15 is 0 Å². The molecule has 2 aromatic rings. The molecule has 0 saturated carbocycles. The Morgan fingerprint density at radius 1 is 1.27 bits per heavy atom. The maximum absolute atomic E-state index is 12.5. The molecule has 1 fully saturated rings. The molecular weight excluding hydrogens is 375 g/mol. The molecule has 1 aromatic heterocycles. The van der Waals surface area contributed by atoms with Crippen molar-refractivity contribution in [3.63, 3.8) is 0 Å². The number of hydrogen-bond donors (Lipinski definition) is 0. The average Bonchev–Trinajstić information content (AvgIpc) is 3.03. The van der Waals surface area contributed by atoms with Crippen molar-refractivity contribution in [2.45, 2.75) is 18.9 Å². The summed E-state index contributed by atoms with van der Waals surface area (Å²) in [5.41, 5.74) is 0.107. The molecule has 1 unspecified atom stereocenters. The van der Waals surface area contributed by atoms with Crippen molar-refractivity contribution >= 4 is 17.5 Å². The van der Waals surface area contributed by atoms with E-state index in [1.165, 1.54) is 29.4 Å². The second-order valence-electron chi connectivity index (χ2n) is 5.54. The predicted molar refractivity (Wildman–Crippen MR) is 85.1 cm³/mol. The van der Waals surface area contributed by atoms with E-state index in [1.807, 2.05) is 0 Å². The lowest BCUT2D eigenvalue weighted by Gasteiger charge is -2.17. The minimum Gasteiger partial charge on any atom is -0.458 e. The lowest BCUT2D eigenvalue weighted by Crippen LogP contribution is -2.31. The van der Waals surface area contributed by atoms with Gasteiger partial charge in [0.1, 0.15) is 11.9 Å². The summed E-state index contributed by atoms with van der Waals surface area (Å²) in [6, 6.07) is 5.11. The van der Waals surface area contributed by atoms with E-state index in [4.69, 9.17) is 16.3 Å². The van der Waals surface area contributed by atoms with Crippen LogP contribution in [0.1, 0.15) is 16.8 Å². The topological polar surface area (TPSA) is 64.5 Å². The molecule has 0 bridgehead atoms. The van der Waals surface area contributed by atoms with Crippen LogP contribution in [0.5, 0.6) is 11.8 Å². The summed E-state index contributed by atoms with van der Waals surface area (Å²) >= 11 is 5.70. The third-order valence-corrected chi connectivity index (χ3v) is 3.81. The molecule has 1 saturated heterocycles. The predicted octanol–water partition coefficient (Wildman–Crippen LogP) is 3.32. The van der Waals surface area contributed by atoms with Gasteiger partial charge in [-0.3, -0.25) is 4.79 Å². The number of carbonyl (C=O) groups excluding carboxylic acids is 1. The zero-order chi connectivity index (χ0) is 18.7. The highest BCUT2D eigenvalue weighted by molar-refractivity contribution is 6.30. The molecule has 0 spiro atoms. The molecule has 1 atom stereocenters. The number of likely N-dealkylation sites (tertiary alicyclic amines) is 1. The standard InChI is InChI=1S/C16H13ClF3N3O3/c17-11-7-21-15(22-8-11)25-13-4-5-23(9-13)14(24)10-2-1-3-12(6-10)26-16(18,19)20/h1-3,6-8,13H,4-5,9H2. The molecule has 1 aliphatic rings. The summed E-state index contributed by atoms with van der Waals surface area (Å²) in [6.45, 7) is 0.677. The van der Waals surface area contributed by atoms with Crippen LogP contribution in [-0.2, 0) is 0 Å². The van der Waals surface area contributed by atoms with E-state index in [0.29, 0.717) is 18.0 Å². The molecule has 1 aromatic carbocycles. The molecule has 0 N–H and O–H groups in total. The lowest BCUT2D eigenvalue weighted by atomic mass is 10.2. The van der Waals surface area contributed by atoms with Gasteiger partial charge in [-0.05, 0) is 18.2 Å². The summed E-state index contributed by atoms with van der Waals surface area (Å²) in [5.74, 6) is -0.842. The zero-order valence-electron chi connectivity index (χ0n) is 13.2. The van der Waals surface area contributed by atoms with Gasteiger partial charge in [0.25, 0.3) is 5.91 Å². The lowest BCUT2D eigenvalue weighted by molar-refractivity contribution is -0.274. The normalized spacial score (nSPS) is 17.2. The number of alkyl halides is 3. The van der Waals surface area contributed by atoms with E-state index in [-0.39, 0.29) is 24.2 Å². The van der Waals surface area contributed by atoms with Crippen molar-refractivity contribution in [3.05, 3.63) is 47.2 Å². The number of aromatic nitrogens is 2. The Morgan fingerprint density at radius 2 is 2.00 bits per heavy atom. The number of ether oxygens (including phenoxy) is 2. The summed E-state index contributed by atoms with van der Waals surface area (Å²) in [6.07, 6.45) is -1.78. The van der Waals surface area contributed by atoms with Crippen LogP contribution in [0.2, 0.25) is 5.02 Å². The number of hydrogen-bond acceptors (Lipinski definition) is 5. The molecule has 1 amide bonds. The van der Waals surface area contributed by atoms with Crippen molar-refractivity contribution in [2.24, 2.45) is 0 Å². The van der Waals surface area contributed by atoms with Crippen LogP contribution >= 0.6 is 11.6 Å². The van der Waals surface area contributed by atoms with E-state index < -0.39 is 18.0 Å². The highest BCUT2D eigenvalue weighted by Gasteiger charge is 2.32. The molecule has 1 aliphatic heterocycles.